The summed E-state index contributed by atoms with van der Waals surface area (Å²) in [5.74, 6) is 0.814. The van der Waals surface area contributed by atoms with E-state index in [1.165, 1.54) is 0 Å². The second-order valence-corrected chi connectivity index (χ2v) is 6.75. The molecule has 0 aliphatic carbocycles. The van der Waals surface area contributed by atoms with E-state index in [-0.39, 0.29) is 12.6 Å². The van der Waals surface area contributed by atoms with E-state index in [1.807, 2.05) is 62.4 Å². The van der Waals surface area contributed by atoms with Crippen molar-refractivity contribution >= 4 is 5.69 Å². The van der Waals surface area contributed by atoms with Crippen molar-refractivity contribution in [2.45, 2.75) is 45.1 Å². The molecule has 2 atom stereocenters. The molecule has 2 aromatic rings. The molecule has 24 heavy (non-hydrogen) atoms. The molecule has 128 valence electrons. The highest BCUT2D eigenvalue weighted by Crippen LogP contribution is 2.44. The molecule has 1 aliphatic rings. The van der Waals surface area contributed by atoms with E-state index in [9.17, 15) is 10.2 Å². The zero-order chi connectivity index (χ0) is 17.3. The van der Waals surface area contributed by atoms with Crippen molar-refractivity contribution in [3.05, 3.63) is 59.7 Å². The van der Waals surface area contributed by atoms with Gasteiger partial charge in [0.2, 0.25) is 0 Å². The SMILES string of the molecule is CCN(c1cccc(CO)c1)C1c2ccccc2OC(C)(C)C1O. The van der Waals surface area contributed by atoms with Crippen LogP contribution in [0.5, 0.6) is 5.75 Å². The maximum Gasteiger partial charge on any atom is 0.132 e. The number of rotatable bonds is 4. The number of fused-ring (bicyclic) bond motifs is 1. The molecule has 0 spiro atoms. The first-order valence-corrected chi connectivity index (χ1v) is 8.40. The van der Waals surface area contributed by atoms with Gasteiger partial charge in [-0.15, -0.1) is 0 Å². The highest BCUT2D eigenvalue weighted by molar-refractivity contribution is 5.54. The lowest BCUT2D eigenvalue weighted by molar-refractivity contribution is -0.0585. The van der Waals surface area contributed by atoms with Crippen LogP contribution in [0.1, 0.15) is 37.9 Å². The zero-order valence-electron chi connectivity index (χ0n) is 14.4. The Kier molecular flexibility index (Phi) is 4.52. The number of anilines is 1. The molecule has 1 aliphatic heterocycles. The number of benzene rings is 2. The molecule has 0 fully saturated rings. The first-order valence-electron chi connectivity index (χ1n) is 8.40. The molecule has 4 heteroatoms. The van der Waals surface area contributed by atoms with Gasteiger partial charge >= 0.3 is 0 Å². The molecule has 0 saturated heterocycles. The van der Waals surface area contributed by atoms with Crippen LogP contribution in [0.25, 0.3) is 0 Å². The lowest BCUT2D eigenvalue weighted by atomic mass is 9.85. The van der Waals surface area contributed by atoms with Gasteiger partial charge in [-0.2, -0.15) is 0 Å². The Bertz CT molecular complexity index is 714. The number of aliphatic hydroxyl groups excluding tert-OH is 2. The van der Waals surface area contributed by atoms with Crippen LogP contribution in [0.2, 0.25) is 0 Å². The highest BCUT2D eigenvalue weighted by atomic mass is 16.5. The Hall–Kier alpha value is -2.04. The van der Waals surface area contributed by atoms with Gasteiger partial charge in [0, 0.05) is 17.8 Å². The fourth-order valence-corrected chi connectivity index (χ4v) is 3.42. The van der Waals surface area contributed by atoms with E-state index in [1.54, 1.807) is 0 Å². The summed E-state index contributed by atoms with van der Waals surface area (Å²) in [6, 6.07) is 15.5. The Labute approximate surface area is 143 Å². The highest BCUT2D eigenvalue weighted by Gasteiger charge is 2.45. The maximum absolute atomic E-state index is 11.0. The van der Waals surface area contributed by atoms with Gasteiger partial charge in [-0.25, -0.2) is 0 Å². The Balaban J connectivity index is 2.09. The van der Waals surface area contributed by atoms with Gasteiger partial charge in [0.15, 0.2) is 0 Å². The summed E-state index contributed by atoms with van der Waals surface area (Å²) in [5.41, 5.74) is 2.15. The van der Waals surface area contributed by atoms with Crippen molar-refractivity contribution in [2.24, 2.45) is 0 Å². The number of ether oxygens (including phenoxy) is 1. The van der Waals surface area contributed by atoms with E-state index in [0.29, 0.717) is 0 Å². The molecule has 4 nitrogen and oxygen atoms in total. The van der Waals surface area contributed by atoms with Gasteiger partial charge in [-0.05, 0) is 44.5 Å². The first kappa shape index (κ1) is 16.8. The average molecular weight is 327 g/mol. The smallest absolute Gasteiger partial charge is 0.132 e. The van der Waals surface area contributed by atoms with Gasteiger partial charge < -0.3 is 19.8 Å². The third kappa shape index (κ3) is 2.87. The summed E-state index contributed by atoms with van der Waals surface area (Å²) in [6.07, 6.45) is -0.676. The molecule has 0 bridgehead atoms. The normalized spacial score (nSPS) is 21.7. The predicted octanol–water partition coefficient (Wildman–Crippen LogP) is 3.28. The third-order valence-corrected chi connectivity index (χ3v) is 4.72. The quantitative estimate of drug-likeness (QED) is 0.905. The number of hydrogen-bond acceptors (Lipinski definition) is 4. The van der Waals surface area contributed by atoms with Crippen molar-refractivity contribution in [3.8, 4) is 5.75 Å². The van der Waals surface area contributed by atoms with Gasteiger partial charge in [-0.1, -0.05) is 30.3 Å². The Morgan fingerprint density at radius 2 is 1.88 bits per heavy atom. The van der Waals surface area contributed by atoms with E-state index in [4.69, 9.17) is 4.74 Å². The lowest BCUT2D eigenvalue weighted by Crippen LogP contribution is -2.53. The van der Waals surface area contributed by atoms with Gasteiger partial charge in [0.25, 0.3) is 0 Å². The topological polar surface area (TPSA) is 52.9 Å². The fourth-order valence-electron chi connectivity index (χ4n) is 3.42. The molecule has 1 heterocycles. The number of nitrogens with zero attached hydrogens (tertiary/aromatic N) is 1. The minimum absolute atomic E-state index is 0.00378. The van der Waals surface area contributed by atoms with Crippen LogP contribution in [0.4, 0.5) is 5.69 Å². The summed E-state index contributed by atoms with van der Waals surface area (Å²) in [7, 11) is 0. The van der Waals surface area contributed by atoms with Crippen LogP contribution in [0.3, 0.4) is 0 Å². The summed E-state index contributed by atoms with van der Waals surface area (Å²) in [4.78, 5) is 2.17. The van der Waals surface area contributed by atoms with Crippen LogP contribution < -0.4 is 9.64 Å². The molecule has 2 aromatic carbocycles. The van der Waals surface area contributed by atoms with E-state index in [2.05, 4.69) is 11.8 Å². The standard InChI is InChI=1S/C20H25NO3/c1-4-21(15-9-7-8-14(12-15)13-22)18-16-10-5-6-11-17(16)24-20(2,3)19(18)23/h5-12,18-19,22-23H,4,13H2,1-3H3. The number of aliphatic hydroxyl groups is 2. The second-order valence-electron chi connectivity index (χ2n) is 6.75. The van der Waals surface area contributed by atoms with Crippen molar-refractivity contribution in [2.75, 3.05) is 11.4 Å². The summed E-state index contributed by atoms with van der Waals surface area (Å²) >= 11 is 0. The summed E-state index contributed by atoms with van der Waals surface area (Å²) < 4.78 is 6.02. The van der Waals surface area contributed by atoms with Crippen molar-refractivity contribution in [1.82, 2.24) is 0 Å². The minimum atomic E-state index is -0.680. The second kappa shape index (κ2) is 6.46. The van der Waals surface area contributed by atoms with Gasteiger partial charge in [0.1, 0.15) is 17.5 Å². The summed E-state index contributed by atoms with van der Waals surface area (Å²) in [6.45, 7) is 6.64. The first-order chi connectivity index (χ1) is 11.5. The molecule has 2 N–H and O–H groups in total. The average Bonchev–Trinajstić information content (AvgIpc) is 2.58. The molecule has 0 radical (unpaired) electrons. The number of hydrogen-bond donors (Lipinski definition) is 2. The Morgan fingerprint density at radius 1 is 1.12 bits per heavy atom. The molecule has 2 unspecified atom stereocenters. The van der Waals surface area contributed by atoms with E-state index >= 15 is 0 Å². The van der Waals surface area contributed by atoms with E-state index < -0.39 is 11.7 Å². The molecule has 3 rings (SSSR count). The summed E-state index contributed by atoms with van der Waals surface area (Å²) in [5, 5.41) is 20.4. The Morgan fingerprint density at radius 3 is 2.58 bits per heavy atom. The molecule has 0 amide bonds. The predicted molar refractivity (Wildman–Crippen MR) is 95.3 cm³/mol. The monoisotopic (exact) mass is 327 g/mol. The van der Waals surface area contributed by atoms with Crippen molar-refractivity contribution < 1.29 is 14.9 Å². The minimum Gasteiger partial charge on any atom is -0.485 e. The molecule has 0 aromatic heterocycles. The van der Waals surface area contributed by atoms with E-state index in [0.717, 1.165) is 29.1 Å². The number of para-hydroxylation sites is 1. The van der Waals surface area contributed by atoms with Crippen LogP contribution in [-0.2, 0) is 6.61 Å². The van der Waals surface area contributed by atoms with Gasteiger partial charge in [0.05, 0.1) is 12.6 Å². The largest absolute Gasteiger partial charge is 0.485 e. The van der Waals surface area contributed by atoms with Crippen LogP contribution in [0, 0.1) is 0 Å². The van der Waals surface area contributed by atoms with Gasteiger partial charge in [-0.3, -0.25) is 0 Å². The van der Waals surface area contributed by atoms with Crippen molar-refractivity contribution in [3.63, 3.8) is 0 Å². The third-order valence-electron chi connectivity index (χ3n) is 4.72. The molecule has 0 saturated carbocycles. The zero-order valence-corrected chi connectivity index (χ0v) is 14.4. The van der Waals surface area contributed by atoms with Crippen molar-refractivity contribution in [1.29, 1.82) is 0 Å². The molecular formula is C20H25NO3. The lowest BCUT2D eigenvalue weighted by Gasteiger charge is -2.47. The van der Waals surface area contributed by atoms with Crippen LogP contribution >= 0.6 is 0 Å². The fraction of sp³-hybridized carbons (Fsp3) is 0.400. The maximum atomic E-state index is 11.0. The number of likely N-dealkylation sites (N-methyl/N-ethyl adjacent to an activating group) is 1. The molecular weight excluding hydrogens is 302 g/mol. The van der Waals surface area contributed by atoms with Crippen LogP contribution in [-0.4, -0.2) is 28.5 Å². The van der Waals surface area contributed by atoms with Crippen LogP contribution in [0.15, 0.2) is 48.5 Å².